The molecule has 0 saturated heterocycles. The van der Waals surface area contributed by atoms with Crippen LogP contribution in [0.1, 0.15) is 0 Å². The van der Waals surface area contributed by atoms with E-state index in [1.807, 2.05) is 30.3 Å². The zero-order valence-corrected chi connectivity index (χ0v) is 31.2. The molecule has 0 N–H and O–H groups in total. The number of hydrogen-bond acceptors (Lipinski definition) is 4. The third kappa shape index (κ3) is 5.09. The van der Waals surface area contributed by atoms with Gasteiger partial charge in [0.05, 0.1) is 11.4 Å². The molecule has 3 aromatic heterocycles. The number of nitrogens with zero attached hydrogens (tertiary/aromatic N) is 1. The Morgan fingerprint density at radius 2 is 0.862 bits per heavy atom. The van der Waals surface area contributed by atoms with E-state index in [4.69, 9.17) is 13.3 Å². The summed E-state index contributed by atoms with van der Waals surface area (Å²) in [6, 6.07) is 70.0. The maximum atomic E-state index is 7.08. The molecule has 4 heteroatoms. The van der Waals surface area contributed by atoms with Gasteiger partial charge >= 0.3 is 0 Å². The second-order valence-electron chi connectivity index (χ2n) is 14.8. The number of hydrogen-bond donors (Lipinski definition) is 0. The molecule has 4 nitrogen and oxygen atoms in total. The van der Waals surface area contributed by atoms with Crippen LogP contribution in [-0.2, 0) is 0 Å². The standard InChI is InChI=1S/C54H33NO3/c1-3-13-34(14-4-1)36-25-27-37(28-26-36)51-52-44-20-8-10-24-48(44)56-50(52)33-45-42-30-29-40(32-49(42)58-54(45)51)55(39-18-11-17-38(31-39)35-15-5-2-6-16-35)46-22-12-21-43-41-19-7-9-23-47(41)57-53(43)46/h1-33H. The van der Waals surface area contributed by atoms with Gasteiger partial charge in [-0.1, -0.05) is 146 Å². The minimum absolute atomic E-state index is 0.785. The van der Waals surface area contributed by atoms with Crippen molar-refractivity contribution < 1.29 is 13.3 Å². The van der Waals surface area contributed by atoms with Crippen LogP contribution in [0.25, 0.3) is 99.2 Å². The Bertz CT molecular complexity index is 3500. The molecule has 0 unspecified atom stereocenters. The van der Waals surface area contributed by atoms with E-state index in [1.54, 1.807) is 0 Å². The normalized spacial score (nSPS) is 11.8. The van der Waals surface area contributed by atoms with Crippen molar-refractivity contribution in [3.05, 3.63) is 200 Å². The van der Waals surface area contributed by atoms with Gasteiger partial charge in [-0.05, 0) is 76.3 Å². The van der Waals surface area contributed by atoms with Gasteiger partial charge in [-0.25, -0.2) is 0 Å². The summed E-state index contributed by atoms with van der Waals surface area (Å²) in [5.74, 6) is 0. The lowest BCUT2D eigenvalue weighted by molar-refractivity contribution is 0.664. The average molecular weight is 744 g/mol. The van der Waals surface area contributed by atoms with Crippen LogP contribution in [0.3, 0.4) is 0 Å². The molecule has 0 saturated carbocycles. The zero-order valence-electron chi connectivity index (χ0n) is 31.2. The van der Waals surface area contributed by atoms with E-state index in [-0.39, 0.29) is 0 Å². The summed E-state index contributed by atoms with van der Waals surface area (Å²) in [5.41, 5.74) is 14.6. The fourth-order valence-corrected chi connectivity index (χ4v) is 8.77. The fourth-order valence-electron chi connectivity index (χ4n) is 8.77. The Labute approximate surface area is 333 Å². The van der Waals surface area contributed by atoms with Gasteiger partial charge in [-0.3, -0.25) is 0 Å². The highest BCUT2D eigenvalue weighted by molar-refractivity contribution is 6.23. The molecule has 58 heavy (non-hydrogen) atoms. The van der Waals surface area contributed by atoms with Crippen molar-refractivity contribution in [3.8, 4) is 33.4 Å². The fraction of sp³-hybridized carbons (Fsp3) is 0. The molecule has 0 spiro atoms. The van der Waals surface area contributed by atoms with Crippen LogP contribution >= 0.6 is 0 Å². The summed E-state index contributed by atoms with van der Waals surface area (Å²) in [6.45, 7) is 0. The number of fused-ring (bicyclic) bond motifs is 9. The lowest BCUT2D eigenvalue weighted by Crippen LogP contribution is -2.10. The first-order chi connectivity index (χ1) is 28.7. The SMILES string of the molecule is c1ccc(-c2ccc(-c3c4oc5cc(N(c6cccc(-c7ccccc7)c6)c6cccc7c6oc6ccccc67)ccc5c4cc4oc5ccccc5c34)cc2)cc1. The third-order valence-electron chi connectivity index (χ3n) is 11.5. The van der Waals surface area contributed by atoms with Crippen molar-refractivity contribution in [1.82, 2.24) is 0 Å². The van der Waals surface area contributed by atoms with Crippen LogP contribution in [0.2, 0.25) is 0 Å². The largest absolute Gasteiger partial charge is 0.456 e. The van der Waals surface area contributed by atoms with Crippen molar-refractivity contribution in [2.24, 2.45) is 0 Å². The predicted molar refractivity (Wildman–Crippen MR) is 239 cm³/mol. The second-order valence-corrected chi connectivity index (χ2v) is 14.8. The van der Waals surface area contributed by atoms with Gasteiger partial charge in [-0.15, -0.1) is 0 Å². The van der Waals surface area contributed by atoms with Crippen LogP contribution in [0.15, 0.2) is 213 Å². The topological polar surface area (TPSA) is 42.7 Å². The summed E-state index contributed by atoms with van der Waals surface area (Å²) in [5, 5.41) is 6.29. The molecular weight excluding hydrogens is 711 g/mol. The highest BCUT2D eigenvalue weighted by Gasteiger charge is 2.24. The van der Waals surface area contributed by atoms with E-state index in [9.17, 15) is 0 Å². The summed E-state index contributed by atoms with van der Waals surface area (Å²) in [6.07, 6.45) is 0. The van der Waals surface area contributed by atoms with Crippen LogP contribution in [0.4, 0.5) is 17.1 Å². The Morgan fingerprint density at radius 3 is 1.66 bits per heavy atom. The van der Waals surface area contributed by atoms with E-state index in [1.165, 1.54) is 5.56 Å². The number of rotatable bonds is 6. The lowest BCUT2D eigenvalue weighted by Gasteiger charge is -2.26. The molecular formula is C54H33NO3. The number of anilines is 3. The van der Waals surface area contributed by atoms with Gasteiger partial charge in [0.15, 0.2) is 5.58 Å². The molecule has 0 radical (unpaired) electrons. The van der Waals surface area contributed by atoms with Gasteiger partial charge in [0.2, 0.25) is 0 Å². The molecule has 3 heterocycles. The van der Waals surface area contributed by atoms with Gasteiger partial charge in [0, 0.05) is 49.6 Å². The smallest absolute Gasteiger partial charge is 0.159 e. The molecule has 0 bridgehead atoms. The second kappa shape index (κ2) is 12.9. The van der Waals surface area contributed by atoms with Crippen molar-refractivity contribution in [1.29, 1.82) is 0 Å². The molecule has 0 aliphatic rings. The van der Waals surface area contributed by atoms with E-state index < -0.39 is 0 Å². The van der Waals surface area contributed by atoms with Crippen LogP contribution in [-0.4, -0.2) is 0 Å². The molecule has 0 aliphatic heterocycles. The molecule has 0 atom stereocenters. The first-order valence-corrected chi connectivity index (χ1v) is 19.6. The number of furan rings is 3. The molecule has 0 aliphatic carbocycles. The first-order valence-electron chi connectivity index (χ1n) is 19.6. The Hall–Kier alpha value is -7.82. The minimum Gasteiger partial charge on any atom is -0.456 e. The van der Waals surface area contributed by atoms with Crippen LogP contribution < -0.4 is 4.90 Å². The monoisotopic (exact) mass is 743 g/mol. The molecule has 0 amide bonds. The zero-order chi connectivity index (χ0) is 38.2. The summed E-state index contributed by atoms with van der Waals surface area (Å²) >= 11 is 0. The summed E-state index contributed by atoms with van der Waals surface area (Å²) < 4.78 is 20.3. The summed E-state index contributed by atoms with van der Waals surface area (Å²) in [7, 11) is 0. The highest BCUT2D eigenvalue weighted by atomic mass is 16.3. The Kier molecular flexibility index (Phi) is 7.20. The maximum Gasteiger partial charge on any atom is 0.159 e. The van der Waals surface area contributed by atoms with Gasteiger partial charge in [0.25, 0.3) is 0 Å². The molecule has 272 valence electrons. The third-order valence-corrected chi connectivity index (χ3v) is 11.5. The van der Waals surface area contributed by atoms with E-state index in [0.29, 0.717) is 0 Å². The van der Waals surface area contributed by atoms with E-state index in [0.717, 1.165) is 111 Å². The summed E-state index contributed by atoms with van der Waals surface area (Å²) in [4.78, 5) is 2.28. The number of benzene rings is 9. The van der Waals surface area contributed by atoms with E-state index >= 15 is 0 Å². The quantitative estimate of drug-likeness (QED) is 0.170. The molecule has 0 fully saturated rings. The van der Waals surface area contributed by atoms with Gasteiger partial charge in [-0.2, -0.15) is 0 Å². The maximum absolute atomic E-state index is 7.08. The van der Waals surface area contributed by atoms with Crippen molar-refractivity contribution in [2.45, 2.75) is 0 Å². The average Bonchev–Trinajstić information content (AvgIpc) is 3.98. The molecule has 12 aromatic rings. The van der Waals surface area contributed by atoms with Crippen molar-refractivity contribution >= 4 is 82.9 Å². The van der Waals surface area contributed by atoms with Gasteiger partial charge < -0.3 is 18.2 Å². The first kappa shape index (κ1) is 32.4. The highest BCUT2D eigenvalue weighted by Crippen LogP contribution is 2.48. The number of para-hydroxylation sites is 3. The van der Waals surface area contributed by atoms with E-state index in [2.05, 4.69) is 175 Å². The van der Waals surface area contributed by atoms with Crippen LogP contribution in [0, 0.1) is 0 Å². The predicted octanol–water partition coefficient (Wildman–Crippen LogP) is 15.9. The molecule has 12 rings (SSSR count). The minimum atomic E-state index is 0.785. The Morgan fingerprint density at radius 1 is 0.293 bits per heavy atom. The van der Waals surface area contributed by atoms with Crippen LogP contribution in [0.5, 0.6) is 0 Å². The molecule has 9 aromatic carbocycles. The Balaban J connectivity index is 1.09. The van der Waals surface area contributed by atoms with Crippen molar-refractivity contribution in [3.63, 3.8) is 0 Å². The van der Waals surface area contributed by atoms with Gasteiger partial charge in [0.1, 0.15) is 27.9 Å². The van der Waals surface area contributed by atoms with Crippen molar-refractivity contribution in [2.75, 3.05) is 4.90 Å². The lowest BCUT2D eigenvalue weighted by atomic mass is 9.95.